The lowest BCUT2D eigenvalue weighted by Gasteiger charge is -2.13. The second kappa shape index (κ2) is 8.19. The number of para-hydroxylation sites is 2. The van der Waals surface area contributed by atoms with Gasteiger partial charge in [0.05, 0.1) is 11.3 Å². The minimum atomic E-state index is -0.188. The summed E-state index contributed by atoms with van der Waals surface area (Å²) < 4.78 is 7.95. The zero-order valence-corrected chi connectivity index (χ0v) is 16.6. The molecule has 5 heteroatoms. The number of rotatable bonds is 6. The molecule has 0 aliphatic heterocycles. The Morgan fingerprint density at radius 3 is 2.69 bits per heavy atom. The molecule has 29 heavy (non-hydrogen) atoms. The van der Waals surface area contributed by atoms with Gasteiger partial charge in [-0.15, -0.1) is 0 Å². The van der Waals surface area contributed by atoms with Gasteiger partial charge in [-0.1, -0.05) is 43.3 Å². The van der Waals surface area contributed by atoms with Crippen LogP contribution in [-0.2, 0) is 13.0 Å². The Balaban J connectivity index is 1.53. The van der Waals surface area contributed by atoms with E-state index in [1.165, 1.54) is 0 Å². The van der Waals surface area contributed by atoms with E-state index < -0.39 is 0 Å². The summed E-state index contributed by atoms with van der Waals surface area (Å²) in [7, 11) is 0. The Kier molecular flexibility index (Phi) is 5.29. The standard InChI is InChI=1S/C24H23N3O2/c1-3-18-10-4-6-12-21(18)26-24(28)20-11-5-7-13-22(20)29-16-19-15-27-14-8-9-17(2)23(27)25-19/h4-15H,3,16H2,1-2H3,(H,26,28). The predicted octanol–water partition coefficient (Wildman–Crippen LogP) is 5.04. The molecule has 1 amide bonds. The van der Waals surface area contributed by atoms with Crippen LogP contribution >= 0.6 is 0 Å². The molecule has 0 radical (unpaired) electrons. The fraction of sp³-hybridized carbons (Fsp3) is 0.167. The minimum Gasteiger partial charge on any atom is -0.486 e. The van der Waals surface area contributed by atoms with E-state index in [-0.39, 0.29) is 12.5 Å². The number of nitrogens with zero attached hydrogens (tertiary/aromatic N) is 2. The lowest BCUT2D eigenvalue weighted by molar-refractivity contribution is 0.102. The molecule has 4 aromatic rings. The highest BCUT2D eigenvalue weighted by atomic mass is 16.5. The van der Waals surface area contributed by atoms with Crippen LogP contribution in [0.5, 0.6) is 5.75 Å². The number of nitrogens with one attached hydrogen (secondary N) is 1. The summed E-state index contributed by atoms with van der Waals surface area (Å²) in [6.45, 7) is 4.39. The molecule has 2 aromatic heterocycles. The van der Waals surface area contributed by atoms with E-state index in [1.54, 1.807) is 6.07 Å². The van der Waals surface area contributed by atoms with E-state index in [4.69, 9.17) is 4.74 Å². The third kappa shape index (κ3) is 3.99. The molecule has 0 spiro atoms. The zero-order valence-electron chi connectivity index (χ0n) is 16.6. The highest BCUT2D eigenvalue weighted by Crippen LogP contribution is 2.23. The van der Waals surface area contributed by atoms with Crippen molar-refractivity contribution >= 4 is 17.2 Å². The van der Waals surface area contributed by atoms with Gasteiger partial charge >= 0.3 is 0 Å². The molecular weight excluding hydrogens is 362 g/mol. The van der Waals surface area contributed by atoms with E-state index in [2.05, 4.69) is 17.2 Å². The first-order chi connectivity index (χ1) is 14.2. The summed E-state index contributed by atoms with van der Waals surface area (Å²) in [6.07, 6.45) is 4.76. The van der Waals surface area contributed by atoms with Gasteiger partial charge in [-0.05, 0) is 48.7 Å². The molecule has 0 fully saturated rings. The molecule has 0 saturated carbocycles. The monoisotopic (exact) mass is 385 g/mol. The molecule has 4 rings (SSSR count). The molecule has 0 saturated heterocycles. The largest absolute Gasteiger partial charge is 0.486 e. The van der Waals surface area contributed by atoms with E-state index >= 15 is 0 Å². The van der Waals surface area contributed by atoms with Crippen LogP contribution in [0.3, 0.4) is 0 Å². The SMILES string of the molecule is CCc1ccccc1NC(=O)c1ccccc1OCc1cn2cccc(C)c2n1. The molecule has 1 N–H and O–H groups in total. The smallest absolute Gasteiger partial charge is 0.259 e. The number of carbonyl (C=O) groups is 1. The van der Waals surface area contributed by atoms with E-state index in [1.807, 2.05) is 78.3 Å². The third-order valence-electron chi connectivity index (χ3n) is 4.88. The average molecular weight is 385 g/mol. The van der Waals surface area contributed by atoms with Crippen LogP contribution in [0.4, 0.5) is 5.69 Å². The number of aromatic nitrogens is 2. The number of hydrogen-bond donors (Lipinski definition) is 1. The summed E-state index contributed by atoms with van der Waals surface area (Å²) in [5, 5.41) is 3.01. The second-order valence-corrected chi connectivity index (χ2v) is 6.90. The molecular formula is C24H23N3O2. The van der Waals surface area contributed by atoms with Gasteiger partial charge in [-0.3, -0.25) is 4.79 Å². The summed E-state index contributed by atoms with van der Waals surface area (Å²) in [6, 6.07) is 19.1. The average Bonchev–Trinajstić information content (AvgIpc) is 3.17. The number of fused-ring (bicyclic) bond motifs is 1. The van der Waals surface area contributed by atoms with Crippen molar-refractivity contribution in [3.8, 4) is 5.75 Å². The van der Waals surface area contributed by atoms with Gasteiger partial charge in [-0.25, -0.2) is 4.98 Å². The highest BCUT2D eigenvalue weighted by molar-refractivity contribution is 6.06. The van der Waals surface area contributed by atoms with Crippen LogP contribution in [0, 0.1) is 6.92 Å². The van der Waals surface area contributed by atoms with E-state index in [9.17, 15) is 4.79 Å². The van der Waals surface area contributed by atoms with Gasteiger partial charge in [0.2, 0.25) is 0 Å². The lowest BCUT2D eigenvalue weighted by atomic mass is 10.1. The lowest BCUT2D eigenvalue weighted by Crippen LogP contribution is -2.14. The van der Waals surface area contributed by atoms with Crippen molar-refractivity contribution in [2.24, 2.45) is 0 Å². The first-order valence-corrected chi connectivity index (χ1v) is 9.70. The number of imidazole rings is 1. The Morgan fingerprint density at radius 2 is 1.86 bits per heavy atom. The maximum Gasteiger partial charge on any atom is 0.259 e. The van der Waals surface area contributed by atoms with Crippen LogP contribution < -0.4 is 10.1 Å². The molecule has 146 valence electrons. The summed E-state index contributed by atoms with van der Waals surface area (Å²) in [5.74, 6) is 0.347. The van der Waals surface area contributed by atoms with Crippen LogP contribution in [0.1, 0.15) is 34.1 Å². The molecule has 0 aliphatic carbocycles. The number of hydrogen-bond acceptors (Lipinski definition) is 3. The van der Waals surface area contributed by atoms with Crippen molar-refractivity contribution in [1.82, 2.24) is 9.38 Å². The fourth-order valence-electron chi connectivity index (χ4n) is 3.35. The summed E-state index contributed by atoms with van der Waals surface area (Å²) in [4.78, 5) is 17.5. The van der Waals surface area contributed by atoms with Crippen molar-refractivity contribution in [3.05, 3.63) is 95.4 Å². The number of amides is 1. The number of ether oxygens (including phenoxy) is 1. The molecule has 0 bridgehead atoms. The normalized spacial score (nSPS) is 10.8. The Morgan fingerprint density at radius 1 is 1.07 bits per heavy atom. The van der Waals surface area contributed by atoms with Gasteiger partial charge in [0.1, 0.15) is 18.0 Å². The van der Waals surface area contributed by atoms with Gasteiger partial charge in [0.15, 0.2) is 0 Å². The van der Waals surface area contributed by atoms with Gasteiger partial charge in [0, 0.05) is 18.1 Å². The van der Waals surface area contributed by atoms with Crippen LogP contribution in [0.25, 0.3) is 5.65 Å². The number of benzene rings is 2. The first kappa shape index (κ1) is 18.7. The van der Waals surface area contributed by atoms with Crippen LogP contribution in [0.2, 0.25) is 0 Å². The quantitative estimate of drug-likeness (QED) is 0.506. The molecule has 0 unspecified atom stereocenters. The van der Waals surface area contributed by atoms with Crippen molar-refractivity contribution in [3.63, 3.8) is 0 Å². The second-order valence-electron chi connectivity index (χ2n) is 6.90. The Labute approximate surface area is 170 Å². The fourth-order valence-corrected chi connectivity index (χ4v) is 3.35. The maximum absolute atomic E-state index is 12.9. The summed E-state index contributed by atoms with van der Waals surface area (Å²) in [5.41, 5.74) is 5.25. The van der Waals surface area contributed by atoms with Crippen LogP contribution in [-0.4, -0.2) is 15.3 Å². The number of pyridine rings is 1. The number of anilines is 1. The molecule has 0 atom stereocenters. The molecule has 2 aromatic carbocycles. The van der Waals surface area contributed by atoms with Gasteiger partial charge in [-0.2, -0.15) is 0 Å². The third-order valence-corrected chi connectivity index (χ3v) is 4.88. The molecule has 2 heterocycles. The van der Waals surface area contributed by atoms with Crippen molar-refractivity contribution in [2.45, 2.75) is 26.9 Å². The number of aryl methyl sites for hydroxylation is 2. The van der Waals surface area contributed by atoms with Gasteiger partial charge in [0.25, 0.3) is 5.91 Å². The predicted molar refractivity (Wildman–Crippen MR) is 114 cm³/mol. The van der Waals surface area contributed by atoms with Crippen molar-refractivity contribution in [1.29, 1.82) is 0 Å². The van der Waals surface area contributed by atoms with Crippen molar-refractivity contribution < 1.29 is 9.53 Å². The zero-order chi connectivity index (χ0) is 20.2. The Hall–Kier alpha value is -3.60. The van der Waals surface area contributed by atoms with E-state index in [0.29, 0.717) is 11.3 Å². The van der Waals surface area contributed by atoms with E-state index in [0.717, 1.165) is 34.6 Å². The van der Waals surface area contributed by atoms with Crippen molar-refractivity contribution in [2.75, 3.05) is 5.32 Å². The minimum absolute atomic E-state index is 0.188. The van der Waals surface area contributed by atoms with Gasteiger partial charge < -0.3 is 14.5 Å². The topological polar surface area (TPSA) is 55.6 Å². The number of carbonyl (C=O) groups excluding carboxylic acids is 1. The Bertz CT molecular complexity index is 1160. The molecule has 0 aliphatic rings. The summed E-state index contributed by atoms with van der Waals surface area (Å²) >= 11 is 0. The molecule has 5 nitrogen and oxygen atoms in total. The maximum atomic E-state index is 12.9. The highest BCUT2D eigenvalue weighted by Gasteiger charge is 2.14. The van der Waals surface area contributed by atoms with Crippen LogP contribution in [0.15, 0.2) is 73.1 Å². The first-order valence-electron chi connectivity index (χ1n) is 9.70.